The molecule has 0 N–H and O–H groups in total. The minimum atomic E-state index is 0.133. The van der Waals surface area contributed by atoms with E-state index in [1.807, 2.05) is 28.2 Å². The molecule has 1 atom stereocenters. The number of alkyl halides is 1. The smallest absolute Gasteiger partial charge is 0.268 e. The third kappa shape index (κ3) is 2.16. The molecular formula is C11H12BrNOS. The third-order valence-corrected chi connectivity index (χ3v) is 4.38. The topological polar surface area (TPSA) is 22.0 Å². The summed E-state index contributed by atoms with van der Waals surface area (Å²) in [6.07, 6.45) is 1.03. The second kappa shape index (κ2) is 4.49. The van der Waals surface area contributed by atoms with Crippen LogP contribution in [0.3, 0.4) is 0 Å². The van der Waals surface area contributed by atoms with Gasteiger partial charge in [-0.2, -0.15) is 0 Å². The van der Waals surface area contributed by atoms with Crippen molar-refractivity contribution in [3.63, 3.8) is 0 Å². The number of hydrogen-bond acceptors (Lipinski definition) is 2. The van der Waals surface area contributed by atoms with E-state index in [0.29, 0.717) is 4.83 Å². The highest BCUT2D eigenvalue weighted by molar-refractivity contribution is 9.09. The molecule has 1 aromatic carbocycles. The van der Waals surface area contributed by atoms with Crippen LogP contribution in [-0.2, 0) is 6.54 Å². The Balaban J connectivity index is 2.45. The van der Waals surface area contributed by atoms with E-state index in [4.69, 9.17) is 0 Å². The van der Waals surface area contributed by atoms with E-state index < -0.39 is 0 Å². The van der Waals surface area contributed by atoms with E-state index in [1.165, 1.54) is 0 Å². The van der Waals surface area contributed by atoms with Crippen LogP contribution in [0.25, 0.3) is 10.1 Å². The largest absolute Gasteiger partial charge is 0.268 e. The Morgan fingerprint density at radius 2 is 2.20 bits per heavy atom. The van der Waals surface area contributed by atoms with Crippen molar-refractivity contribution in [2.75, 3.05) is 0 Å². The van der Waals surface area contributed by atoms with Gasteiger partial charge in [0.2, 0.25) is 0 Å². The van der Waals surface area contributed by atoms with Crippen molar-refractivity contribution in [3.05, 3.63) is 34.6 Å². The molecule has 2 aromatic rings. The molecule has 0 fully saturated rings. The third-order valence-electron chi connectivity index (χ3n) is 2.36. The molecule has 0 saturated heterocycles. The molecule has 0 radical (unpaired) electrons. The molecule has 0 aliphatic carbocycles. The molecule has 0 amide bonds. The highest BCUT2D eigenvalue weighted by Gasteiger charge is 2.09. The number of aromatic nitrogens is 1. The predicted octanol–water partition coefficient (Wildman–Crippen LogP) is 3.24. The maximum atomic E-state index is 11.9. The van der Waals surface area contributed by atoms with Crippen LogP contribution in [0.4, 0.5) is 0 Å². The van der Waals surface area contributed by atoms with Gasteiger partial charge in [0.15, 0.2) is 0 Å². The molecule has 2 rings (SSSR count). The zero-order chi connectivity index (χ0) is 10.8. The molecule has 0 bridgehead atoms. The van der Waals surface area contributed by atoms with Gasteiger partial charge in [-0.3, -0.25) is 8.75 Å². The maximum Gasteiger partial charge on any atom is 0.268 e. The molecule has 1 heterocycles. The zero-order valence-electron chi connectivity index (χ0n) is 8.44. The monoisotopic (exact) mass is 285 g/mol. The van der Waals surface area contributed by atoms with Crippen LogP contribution < -0.4 is 5.56 Å². The molecule has 0 spiro atoms. The number of rotatable bonds is 3. The fraction of sp³-hybridized carbons (Fsp3) is 0.364. The van der Waals surface area contributed by atoms with Crippen molar-refractivity contribution < 1.29 is 0 Å². The predicted molar refractivity (Wildman–Crippen MR) is 69.1 cm³/mol. The number of hydrogen-bond donors (Lipinski definition) is 0. The van der Waals surface area contributed by atoms with Crippen molar-refractivity contribution in [1.29, 1.82) is 0 Å². The summed E-state index contributed by atoms with van der Waals surface area (Å²) >= 11 is 5.09. The number of halogens is 1. The Labute approximate surface area is 101 Å². The first-order chi connectivity index (χ1) is 7.22. The van der Waals surface area contributed by atoms with Gasteiger partial charge in [0.05, 0.1) is 10.1 Å². The Hall–Kier alpha value is -0.610. The number of benzene rings is 1. The van der Waals surface area contributed by atoms with Crippen molar-refractivity contribution in [2.24, 2.45) is 0 Å². The van der Waals surface area contributed by atoms with Crippen LogP contribution in [-0.4, -0.2) is 8.78 Å². The SMILES string of the molecule is CCC(Br)Cn1sc2ccccc2c1=O. The molecule has 1 aromatic heterocycles. The van der Waals surface area contributed by atoms with Crippen molar-refractivity contribution >= 4 is 37.5 Å². The molecule has 80 valence electrons. The van der Waals surface area contributed by atoms with E-state index in [0.717, 1.165) is 23.1 Å². The fourth-order valence-electron chi connectivity index (χ4n) is 1.45. The highest BCUT2D eigenvalue weighted by atomic mass is 79.9. The molecule has 2 nitrogen and oxygen atoms in total. The van der Waals surface area contributed by atoms with Crippen LogP contribution in [0.5, 0.6) is 0 Å². The van der Waals surface area contributed by atoms with Crippen LogP contribution in [0, 0.1) is 0 Å². The van der Waals surface area contributed by atoms with Gasteiger partial charge in [-0.05, 0) is 18.6 Å². The molecule has 1 unspecified atom stereocenters. The summed E-state index contributed by atoms with van der Waals surface area (Å²) < 4.78 is 2.89. The summed E-state index contributed by atoms with van der Waals surface area (Å²) in [5.74, 6) is 0. The van der Waals surface area contributed by atoms with Gasteiger partial charge in [0.1, 0.15) is 0 Å². The molecule has 0 aliphatic rings. The summed E-state index contributed by atoms with van der Waals surface area (Å²) in [6, 6.07) is 7.76. The molecule has 4 heteroatoms. The quantitative estimate of drug-likeness (QED) is 0.794. The first-order valence-corrected chi connectivity index (χ1v) is 6.64. The average Bonchev–Trinajstić information content (AvgIpc) is 2.57. The summed E-state index contributed by atoms with van der Waals surface area (Å²) in [5, 5.41) is 0.832. The molecule has 0 aliphatic heterocycles. The van der Waals surface area contributed by atoms with Crippen LogP contribution in [0.2, 0.25) is 0 Å². The first-order valence-electron chi connectivity index (χ1n) is 4.95. The maximum absolute atomic E-state index is 11.9. The lowest BCUT2D eigenvalue weighted by Crippen LogP contribution is -2.18. The van der Waals surface area contributed by atoms with E-state index in [1.54, 1.807) is 11.5 Å². The van der Waals surface area contributed by atoms with Crippen LogP contribution in [0.15, 0.2) is 29.1 Å². The van der Waals surface area contributed by atoms with Gasteiger partial charge in [0, 0.05) is 11.4 Å². The summed E-state index contributed by atoms with van der Waals surface area (Å²) in [5.41, 5.74) is 0.133. The van der Waals surface area contributed by atoms with Gasteiger partial charge in [-0.15, -0.1) is 0 Å². The minimum absolute atomic E-state index is 0.133. The first kappa shape index (κ1) is 10.9. The fourth-order valence-corrected chi connectivity index (χ4v) is 2.99. The Bertz CT molecular complexity index is 517. The summed E-state index contributed by atoms with van der Waals surface area (Å²) in [6.45, 7) is 2.87. The second-order valence-corrected chi connectivity index (χ2v) is 5.82. The van der Waals surface area contributed by atoms with Gasteiger partial charge in [0.25, 0.3) is 5.56 Å². The van der Waals surface area contributed by atoms with Crippen LogP contribution in [0.1, 0.15) is 13.3 Å². The van der Waals surface area contributed by atoms with Gasteiger partial charge >= 0.3 is 0 Å². The lowest BCUT2D eigenvalue weighted by atomic mass is 10.3. The average molecular weight is 286 g/mol. The minimum Gasteiger partial charge on any atom is -0.268 e. The standard InChI is InChI=1S/C11H12BrNOS/c1-2-8(12)7-13-11(14)9-5-3-4-6-10(9)15-13/h3-6,8H,2,7H2,1H3. The van der Waals surface area contributed by atoms with E-state index in [-0.39, 0.29) is 5.56 Å². The number of fused-ring (bicyclic) bond motifs is 1. The van der Waals surface area contributed by atoms with Crippen molar-refractivity contribution in [2.45, 2.75) is 24.7 Å². The Morgan fingerprint density at radius 1 is 1.47 bits per heavy atom. The Kier molecular flexibility index (Phi) is 3.26. The van der Waals surface area contributed by atoms with Gasteiger partial charge < -0.3 is 0 Å². The van der Waals surface area contributed by atoms with Crippen LogP contribution >= 0.6 is 27.5 Å². The number of nitrogens with zero attached hydrogens (tertiary/aromatic N) is 1. The van der Waals surface area contributed by atoms with E-state index in [2.05, 4.69) is 22.9 Å². The van der Waals surface area contributed by atoms with Gasteiger partial charge in [-0.25, -0.2) is 0 Å². The van der Waals surface area contributed by atoms with Gasteiger partial charge in [-0.1, -0.05) is 46.5 Å². The van der Waals surface area contributed by atoms with Crippen molar-refractivity contribution in [3.8, 4) is 0 Å². The molecular weight excluding hydrogens is 274 g/mol. The molecule has 15 heavy (non-hydrogen) atoms. The molecule has 0 saturated carbocycles. The second-order valence-electron chi connectivity index (χ2n) is 3.46. The lowest BCUT2D eigenvalue weighted by molar-refractivity contribution is 0.685. The van der Waals surface area contributed by atoms with E-state index in [9.17, 15) is 4.79 Å². The zero-order valence-corrected chi connectivity index (χ0v) is 10.8. The summed E-state index contributed by atoms with van der Waals surface area (Å²) in [7, 11) is 0. The highest BCUT2D eigenvalue weighted by Crippen LogP contribution is 2.17. The Morgan fingerprint density at radius 3 is 2.87 bits per heavy atom. The normalized spacial score (nSPS) is 13.2. The van der Waals surface area contributed by atoms with Crippen molar-refractivity contribution in [1.82, 2.24) is 3.96 Å². The van der Waals surface area contributed by atoms with E-state index >= 15 is 0 Å². The lowest BCUT2D eigenvalue weighted by Gasteiger charge is -2.04. The summed E-state index contributed by atoms with van der Waals surface area (Å²) in [4.78, 5) is 12.3.